The number of hydrogen-bond donors (Lipinski definition) is 2. The van der Waals surface area contributed by atoms with Crippen molar-refractivity contribution in [2.24, 2.45) is 0 Å². The van der Waals surface area contributed by atoms with Gasteiger partial charge in [0, 0.05) is 31.8 Å². The van der Waals surface area contributed by atoms with Crippen LogP contribution in [-0.4, -0.2) is 65.4 Å². The molecule has 0 saturated carbocycles. The van der Waals surface area contributed by atoms with E-state index in [4.69, 9.17) is 35.9 Å². The fraction of sp³-hybridized carbons (Fsp3) is 0.480. The third kappa shape index (κ3) is 6.80. The maximum absolute atomic E-state index is 5.96. The SMILES string of the molecule is CCOc1cc(N2CCOCC2)c(OCC)cc1NC(=S)NCCc1ccc(OC)c(OC)c1. The molecule has 0 unspecified atom stereocenters. The molecule has 2 N–H and O–H groups in total. The molecule has 8 nitrogen and oxygen atoms in total. The van der Waals surface area contributed by atoms with E-state index in [1.54, 1.807) is 14.2 Å². The highest BCUT2D eigenvalue weighted by Crippen LogP contribution is 2.39. The van der Waals surface area contributed by atoms with Gasteiger partial charge in [0.15, 0.2) is 16.6 Å². The van der Waals surface area contributed by atoms with Crippen molar-refractivity contribution in [3.8, 4) is 23.0 Å². The predicted octanol–water partition coefficient (Wildman–Crippen LogP) is 3.87. The Balaban J connectivity index is 1.68. The van der Waals surface area contributed by atoms with Crippen LogP contribution in [0.3, 0.4) is 0 Å². The van der Waals surface area contributed by atoms with Crippen molar-refractivity contribution in [2.45, 2.75) is 20.3 Å². The second kappa shape index (κ2) is 13.1. The van der Waals surface area contributed by atoms with Crippen molar-refractivity contribution in [2.75, 3.05) is 70.5 Å². The van der Waals surface area contributed by atoms with Crippen LogP contribution in [0.15, 0.2) is 30.3 Å². The average molecular weight is 490 g/mol. The summed E-state index contributed by atoms with van der Waals surface area (Å²) in [6.45, 7) is 8.75. The summed E-state index contributed by atoms with van der Waals surface area (Å²) in [6, 6.07) is 9.88. The van der Waals surface area contributed by atoms with E-state index in [1.807, 2.05) is 44.2 Å². The third-order valence-electron chi connectivity index (χ3n) is 5.41. The van der Waals surface area contributed by atoms with Gasteiger partial charge in [-0.05, 0) is 50.2 Å². The number of methoxy groups -OCH3 is 2. The van der Waals surface area contributed by atoms with Crippen molar-refractivity contribution in [1.82, 2.24) is 5.32 Å². The summed E-state index contributed by atoms with van der Waals surface area (Å²) in [6.07, 6.45) is 0.778. The molecule has 1 aliphatic rings. The lowest BCUT2D eigenvalue weighted by atomic mass is 10.1. The molecule has 2 aromatic carbocycles. The molecule has 0 atom stereocenters. The fourth-order valence-corrected chi connectivity index (χ4v) is 3.98. The number of nitrogens with zero attached hydrogens (tertiary/aromatic N) is 1. The molecule has 3 rings (SSSR count). The lowest BCUT2D eigenvalue weighted by Gasteiger charge is -2.31. The molecule has 1 fully saturated rings. The van der Waals surface area contributed by atoms with Crippen molar-refractivity contribution >= 4 is 28.7 Å². The lowest BCUT2D eigenvalue weighted by Crippen LogP contribution is -2.36. The zero-order valence-electron chi connectivity index (χ0n) is 20.4. The van der Waals surface area contributed by atoms with Crippen LogP contribution in [0.2, 0.25) is 0 Å². The summed E-state index contributed by atoms with van der Waals surface area (Å²) in [7, 11) is 3.26. The van der Waals surface area contributed by atoms with Crippen LogP contribution in [0.1, 0.15) is 19.4 Å². The Morgan fingerprint density at radius 2 is 1.65 bits per heavy atom. The summed E-state index contributed by atoms with van der Waals surface area (Å²) in [5.74, 6) is 2.95. The highest BCUT2D eigenvalue weighted by molar-refractivity contribution is 7.80. The average Bonchev–Trinajstić information content (AvgIpc) is 2.86. The molecular weight excluding hydrogens is 454 g/mol. The first kappa shape index (κ1) is 25.7. The summed E-state index contributed by atoms with van der Waals surface area (Å²) in [5.41, 5.74) is 2.90. The van der Waals surface area contributed by atoms with E-state index in [9.17, 15) is 0 Å². The first-order valence-electron chi connectivity index (χ1n) is 11.6. The molecule has 186 valence electrons. The van der Waals surface area contributed by atoms with E-state index >= 15 is 0 Å². The normalized spacial score (nSPS) is 13.2. The van der Waals surface area contributed by atoms with Crippen LogP contribution >= 0.6 is 12.2 Å². The van der Waals surface area contributed by atoms with Crippen LogP contribution in [0.5, 0.6) is 23.0 Å². The molecule has 2 aromatic rings. The minimum atomic E-state index is 0.517. The molecule has 34 heavy (non-hydrogen) atoms. The molecule has 0 radical (unpaired) electrons. The number of nitrogens with one attached hydrogen (secondary N) is 2. The molecule has 1 heterocycles. The number of thiocarbonyl (C=S) groups is 1. The van der Waals surface area contributed by atoms with Gasteiger partial charge in [-0.1, -0.05) is 6.07 Å². The van der Waals surface area contributed by atoms with Crippen LogP contribution in [0.25, 0.3) is 0 Å². The van der Waals surface area contributed by atoms with E-state index in [2.05, 4.69) is 15.5 Å². The number of anilines is 2. The van der Waals surface area contributed by atoms with Crippen LogP contribution in [0.4, 0.5) is 11.4 Å². The van der Waals surface area contributed by atoms with Gasteiger partial charge in [0.2, 0.25) is 0 Å². The van der Waals surface area contributed by atoms with E-state index in [0.717, 1.165) is 47.9 Å². The van der Waals surface area contributed by atoms with E-state index in [-0.39, 0.29) is 0 Å². The third-order valence-corrected chi connectivity index (χ3v) is 5.65. The molecule has 1 saturated heterocycles. The Morgan fingerprint density at radius 1 is 0.941 bits per heavy atom. The first-order chi connectivity index (χ1) is 16.6. The Hall–Kier alpha value is -2.91. The van der Waals surface area contributed by atoms with Crippen LogP contribution in [-0.2, 0) is 11.2 Å². The Kier molecular flexibility index (Phi) is 9.90. The van der Waals surface area contributed by atoms with Crippen LogP contribution < -0.4 is 34.5 Å². The zero-order valence-corrected chi connectivity index (χ0v) is 21.3. The standard InChI is InChI=1S/C25H35N3O5S/c1-5-32-22-17-20(28-11-13-31-14-12-28)23(33-6-2)16-19(22)27-25(34)26-10-9-18-7-8-21(29-3)24(15-18)30-4/h7-8,15-17H,5-6,9-14H2,1-4H3,(H2,26,27,34). The topological polar surface area (TPSA) is 73.5 Å². The minimum absolute atomic E-state index is 0.517. The van der Waals surface area contributed by atoms with Gasteiger partial charge in [-0.25, -0.2) is 0 Å². The van der Waals surface area contributed by atoms with Gasteiger partial charge in [-0.15, -0.1) is 0 Å². The molecule has 0 amide bonds. The molecule has 1 aliphatic heterocycles. The van der Waals surface area contributed by atoms with E-state index < -0.39 is 0 Å². The summed E-state index contributed by atoms with van der Waals surface area (Å²) in [4.78, 5) is 2.26. The van der Waals surface area contributed by atoms with Crippen molar-refractivity contribution < 1.29 is 23.7 Å². The molecule has 0 aromatic heterocycles. The quantitative estimate of drug-likeness (QED) is 0.458. The highest BCUT2D eigenvalue weighted by Gasteiger charge is 2.20. The fourth-order valence-electron chi connectivity index (χ4n) is 3.77. The summed E-state index contributed by atoms with van der Waals surface area (Å²) < 4.78 is 28.1. The van der Waals surface area contributed by atoms with Gasteiger partial charge in [0.1, 0.15) is 11.5 Å². The molecule has 0 bridgehead atoms. The number of rotatable bonds is 11. The van der Waals surface area contributed by atoms with Crippen molar-refractivity contribution in [3.63, 3.8) is 0 Å². The predicted molar refractivity (Wildman–Crippen MR) is 139 cm³/mol. The van der Waals surface area contributed by atoms with Crippen molar-refractivity contribution in [1.29, 1.82) is 0 Å². The minimum Gasteiger partial charge on any atom is -0.493 e. The zero-order chi connectivity index (χ0) is 24.3. The first-order valence-corrected chi connectivity index (χ1v) is 12.0. The highest BCUT2D eigenvalue weighted by atomic mass is 32.1. The Labute approximate surface area is 207 Å². The van der Waals surface area contributed by atoms with Gasteiger partial charge in [-0.3, -0.25) is 0 Å². The maximum atomic E-state index is 5.96. The van der Waals surface area contributed by atoms with E-state index in [1.165, 1.54) is 0 Å². The number of morpholine rings is 1. The second-order valence-electron chi connectivity index (χ2n) is 7.60. The summed E-state index contributed by atoms with van der Waals surface area (Å²) in [5, 5.41) is 7.06. The maximum Gasteiger partial charge on any atom is 0.170 e. The number of benzene rings is 2. The number of ether oxygens (including phenoxy) is 5. The van der Waals surface area contributed by atoms with Gasteiger partial charge < -0.3 is 39.2 Å². The Bertz CT molecular complexity index is 950. The molecule has 9 heteroatoms. The monoisotopic (exact) mass is 489 g/mol. The van der Waals surface area contributed by atoms with E-state index in [0.29, 0.717) is 49.6 Å². The van der Waals surface area contributed by atoms with Gasteiger partial charge in [0.25, 0.3) is 0 Å². The largest absolute Gasteiger partial charge is 0.493 e. The second-order valence-corrected chi connectivity index (χ2v) is 8.01. The molecule has 0 spiro atoms. The van der Waals surface area contributed by atoms with Gasteiger partial charge in [-0.2, -0.15) is 0 Å². The van der Waals surface area contributed by atoms with Gasteiger partial charge >= 0.3 is 0 Å². The number of hydrogen-bond acceptors (Lipinski definition) is 7. The van der Waals surface area contributed by atoms with Crippen molar-refractivity contribution in [3.05, 3.63) is 35.9 Å². The smallest absolute Gasteiger partial charge is 0.170 e. The van der Waals surface area contributed by atoms with Crippen LogP contribution in [0, 0.1) is 0 Å². The Morgan fingerprint density at radius 3 is 2.32 bits per heavy atom. The van der Waals surface area contributed by atoms with Gasteiger partial charge in [0.05, 0.1) is 52.0 Å². The summed E-state index contributed by atoms with van der Waals surface area (Å²) >= 11 is 5.56. The molecule has 0 aliphatic carbocycles. The lowest BCUT2D eigenvalue weighted by molar-refractivity contribution is 0.122. The molecular formula is C25H35N3O5S.